The van der Waals surface area contributed by atoms with Crippen LogP contribution in [0.3, 0.4) is 0 Å². The van der Waals surface area contributed by atoms with Crippen molar-refractivity contribution < 1.29 is 23.1 Å². The van der Waals surface area contributed by atoms with Crippen molar-refractivity contribution in [3.63, 3.8) is 0 Å². The molecule has 116 valence electrons. The summed E-state index contributed by atoms with van der Waals surface area (Å²) in [6.07, 6.45) is 1.81. The van der Waals surface area contributed by atoms with E-state index in [2.05, 4.69) is 10.6 Å². The van der Waals surface area contributed by atoms with Crippen LogP contribution >= 0.6 is 0 Å². The predicted octanol–water partition coefficient (Wildman–Crippen LogP) is 0.364. The Bertz CT molecular complexity index is 449. The SMILES string of the molecule is CC(CCC(=O)O)CNC(=O)NC1CCCS(=O)(=O)C1. The molecule has 1 heterocycles. The Kier molecular flexibility index (Phi) is 6.25. The molecule has 0 aliphatic carbocycles. The lowest BCUT2D eigenvalue weighted by atomic mass is 10.1. The Morgan fingerprint density at radius 1 is 1.40 bits per heavy atom. The molecule has 2 amide bonds. The van der Waals surface area contributed by atoms with Crippen LogP contribution in [0, 0.1) is 5.92 Å². The van der Waals surface area contributed by atoms with E-state index < -0.39 is 21.8 Å². The minimum atomic E-state index is -3.03. The first-order valence-corrected chi connectivity index (χ1v) is 8.57. The average Bonchev–Trinajstić information content (AvgIpc) is 2.32. The zero-order chi connectivity index (χ0) is 15.2. The Morgan fingerprint density at radius 3 is 2.70 bits per heavy atom. The van der Waals surface area contributed by atoms with E-state index in [-0.39, 0.29) is 29.9 Å². The van der Waals surface area contributed by atoms with Gasteiger partial charge in [0.25, 0.3) is 0 Å². The molecule has 1 fully saturated rings. The van der Waals surface area contributed by atoms with Crippen LogP contribution in [0.4, 0.5) is 4.79 Å². The third-order valence-corrected chi connectivity index (χ3v) is 5.08. The molecule has 1 aliphatic rings. The molecule has 20 heavy (non-hydrogen) atoms. The van der Waals surface area contributed by atoms with Gasteiger partial charge in [0, 0.05) is 19.0 Å². The first kappa shape index (κ1) is 16.7. The highest BCUT2D eigenvalue weighted by molar-refractivity contribution is 7.91. The van der Waals surface area contributed by atoms with Crippen LogP contribution in [0.5, 0.6) is 0 Å². The average molecular weight is 306 g/mol. The molecule has 1 aliphatic heterocycles. The molecule has 8 heteroatoms. The summed E-state index contributed by atoms with van der Waals surface area (Å²) < 4.78 is 22.9. The summed E-state index contributed by atoms with van der Waals surface area (Å²) >= 11 is 0. The number of carbonyl (C=O) groups is 2. The number of rotatable bonds is 6. The third kappa shape index (κ3) is 6.74. The number of hydrogen-bond acceptors (Lipinski definition) is 4. The topological polar surface area (TPSA) is 113 Å². The second kappa shape index (κ2) is 7.47. The normalized spacial score (nSPS) is 22.8. The standard InChI is InChI=1S/C12H22N2O5S/c1-9(4-5-11(15)16)7-13-12(17)14-10-3-2-6-20(18,19)8-10/h9-10H,2-8H2,1H3,(H,15,16)(H2,13,14,17). The maximum absolute atomic E-state index is 11.6. The minimum absolute atomic E-state index is 0.00497. The highest BCUT2D eigenvalue weighted by atomic mass is 32.2. The quantitative estimate of drug-likeness (QED) is 0.656. The second-order valence-electron chi connectivity index (χ2n) is 5.35. The van der Waals surface area contributed by atoms with E-state index in [1.54, 1.807) is 0 Å². The van der Waals surface area contributed by atoms with Gasteiger partial charge in [-0.3, -0.25) is 4.79 Å². The van der Waals surface area contributed by atoms with Crippen molar-refractivity contribution in [1.82, 2.24) is 10.6 Å². The van der Waals surface area contributed by atoms with E-state index in [0.29, 0.717) is 25.8 Å². The van der Waals surface area contributed by atoms with E-state index in [0.717, 1.165) is 0 Å². The first-order valence-electron chi connectivity index (χ1n) is 6.75. The number of hydrogen-bond donors (Lipinski definition) is 3. The van der Waals surface area contributed by atoms with Crippen molar-refractivity contribution in [3.8, 4) is 0 Å². The van der Waals surface area contributed by atoms with Crippen LogP contribution in [0.15, 0.2) is 0 Å². The smallest absolute Gasteiger partial charge is 0.315 e. The Labute approximate surface area is 119 Å². The van der Waals surface area contributed by atoms with E-state index in [1.165, 1.54) is 0 Å². The van der Waals surface area contributed by atoms with Gasteiger partial charge in [-0.05, 0) is 25.2 Å². The number of aliphatic carboxylic acids is 1. The molecule has 7 nitrogen and oxygen atoms in total. The molecule has 1 saturated heterocycles. The van der Waals surface area contributed by atoms with Crippen LogP contribution in [0.2, 0.25) is 0 Å². The van der Waals surface area contributed by atoms with Gasteiger partial charge >= 0.3 is 12.0 Å². The molecule has 0 bridgehead atoms. The van der Waals surface area contributed by atoms with Gasteiger partial charge in [0.1, 0.15) is 0 Å². The van der Waals surface area contributed by atoms with Crippen LogP contribution < -0.4 is 10.6 Å². The van der Waals surface area contributed by atoms with Crippen LogP contribution in [0.1, 0.15) is 32.6 Å². The van der Waals surface area contributed by atoms with Crippen LogP contribution in [0.25, 0.3) is 0 Å². The molecule has 3 N–H and O–H groups in total. The Hall–Kier alpha value is -1.31. The maximum atomic E-state index is 11.6. The lowest BCUT2D eigenvalue weighted by Gasteiger charge is -2.23. The van der Waals surface area contributed by atoms with Crippen molar-refractivity contribution in [2.75, 3.05) is 18.1 Å². The van der Waals surface area contributed by atoms with Gasteiger partial charge in [0.15, 0.2) is 9.84 Å². The molecular weight excluding hydrogens is 284 g/mol. The minimum Gasteiger partial charge on any atom is -0.481 e. The largest absolute Gasteiger partial charge is 0.481 e. The van der Waals surface area contributed by atoms with Gasteiger partial charge in [0.05, 0.1) is 11.5 Å². The monoisotopic (exact) mass is 306 g/mol. The lowest BCUT2D eigenvalue weighted by molar-refractivity contribution is -0.137. The van der Waals surface area contributed by atoms with E-state index >= 15 is 0 Å². The summed E-state index contributed by atoms with van der Waals surface area (Å²) in [5, 5.41) is 13.8. The van der Waals surface area contributed by atoms with Gasteiger partial charge in [0.2, 0.25) is 0 Å². The molecular formula is C12H22N2O5S. The summed E-state index contributed by atoms with van der Waals surface area (Å²) in [4.78, 5) is 22.0. The van der Waals surface area contributed by atoms with Gasteiger partial charge in [-0.1, -0.05) is 6.92 Å². The highest BCUT2D eigenvalue weighted by Crippen LogP contribution is 2.11. The fourth-order valence-corrected chi connectivity index (χ4v) is 3.75. The van der Waals surface area contributed by atoms with Gasteiger partial charge in [-0.2, -0.15) is 0 Å². The summed E-state index contributed by atoms with van der Waals surface area (Å²) in [7, 11) is -3.03. The molecule has 0 aromatic rings. The predicted molar refractivity (Wildman–Crippen MR) is 74.2 cm³/mol. The van der Waals surface area contributed by atoms with Crippen molar-refractivity contribution in [2.24, 2.45) is 5.92 Å². The van der Waals surface area contributed by atoms with E-state index in [9.17, 15) is 18.0 Å². The fourth-order valence-electron chi connectivity index (χ4n) is 2.11. The molecule has 2 atom stereocenters. The molecule has 0 spiro atoms. The number of urea groups is 1. The Morgan fingerprint density at radius 2 is 2.10 bits per heavy atom. The number of nitrogens with one attached hydrogen (secondary N) is 2. The molecule has 0 saturated carbocycles. The fraction of sp³-hybridized carbons (Fsp3) is 0.833. The number of sulfone groups is 1. The maximum Gasteiger partial charge on any atom is 0.315 e. The summed E-state index contributed by atoms with van der Waals surface area (Å²) in [6, 6.07) is -0.725. The molecule has 0 radical (unpaired) electrons. The molecule has 0 aromatic heterocycles. The molecule has 0 aromatic carbocycles. The van der Waals surface area contributed by atoms with Gasteiger partial charge in [-0.25, -0.2) is 13.2 Å². The van der Waals surface area contributed by atoms with Crippen molar-refractivity contribution in [2.45, 2.75) is 38.6 Å². The number of carboxylic acid groups (broad SMARTS) is 1. The zero-order valence-electron chi connectivity index (χ0n) is 11.6. The number of amides is 2. The zero-order valence-corrected chi connectivity index (χ0v) is 12.4. The van der Waals surface area contributed by atoms with Gasteiger partial charge in [-0.15, -0.1) is 0 Å². The molecule has 1 rings (SSSR count). The van der Waals surface area contributed by atoms with E-state index in [1.807, 2.05) is 6.92 Å². The summed E-state index contributed by atoms with van der Waals surface area (Å²) in [5.41, 5.74) is 0. The Balaban J connectivity index is 2.24. The number of carboxylic acids is 1. The van der Waals surface area contributed by atoms with Crippen molar-refractivity contribution >= 4 is 21.8 Å². The lowest BCUT2D eigenvalue weighted by Crippen LogP contribution is -2.48. The first-order chi connectivity index (χ1) is 9.28. The van der Waals surface area contributed by atoms with Crippen molar-refractivity contribution in [1.29, 1.82) is 0 Å². The van der Waals surface area contributed by atoms with Gasteiger partial charge < -0.3 is 15.7 Å². The molecule has 2 unspecified atom stereocenters. The summed E-state index contributed by atoms with van der Waals surface area (Å²) in [5.74, 6) is -0.603. The highest BCUT2D eigenvalue weighted by Gasteiger charge is 2.25. The van der Waals surface area contributed by atoms with Crippen LogP contribution in [-0.4, -0.2) is 49.6 Å². The van der Waals surface area contributed by atoms with Crippen molar-refractivity contribution in [3.05, 3.63) is 0 Å². The summed E-state index contributed by atoms with van der Waals surface area (Å²) in [6.45, 7) is 2.23. The van der Waals surface area contributed by atoms with E-state index in [4.69, 9.17) is 5.11 Å². The second-order valence-corrected chi connectivity index (χ2v) is 7.57. The third-order valence-electron chi connectivity index (χ3n) is 3.26. The number of carbonyl (C=O) groups excluding carboxylic acids is 1. The van der Waals surface area contributed by atoms with Crippen LogP contribution in [-0.2, 0) is 14.6 Å².